The van der Waals surface area contributed by atoms with Gasteiger partial charge in [-0.2, -0.15) is 0 Å². The van der Waals surface area contributed by atoms with E-state index in [1.165, 1.54) is 36.4 Å². The van der Waals surface area contributed by atoms with E-state index in [0.717, 1.165) is 0 Å². The molecule has 1 saturated heterocycles. The molecular weight excluding hydrogens is 384 g/mol. The predicted octanol–water partition coefficient (Wildman–Crippen LogP) is 1.80. The maximum atomic E-state index is 12.6. The van der Waals surface area contributed by atoms with Crippen molar-refractivity contribution >= 4 is 27.6 Å². The number of carbonyl (C=O) groups is 2. The molecule has 8 nitrogen and oxygen atoms in total. The van der Waals surface area contributed by atoms with Crippen molar-refractivity contribution < 1.29 is 27.9 Å². The van der Waals surface area contributed by atoms with Gasteiger partial charge in [0.25, 0.3) is 15.9 Å². The third kappa shape index (κ3) is 4.87. The molecule has 0 radical (unpaired) electrons. The van der Waals surface area contributed by atoms with Gasteiger partial charge in [0.2, 0.25) is 0 Å². The summed E-state index contributed by atoms with van der Waals surface area (Å²) in [6.07, 6.45) is -0.698. The number of ether oxygens (including phenoxy) is 1. The van der Waals surface area contributed by atoms with Crippen molar-refractivity contribution in [2.24, 2.45) is 0 Å². The van der Waals surface area contributed by atoms with E-state index in [2.05, 4.69) is 4.72 Å². The van der Waals surface area contributed by atoms with Crippen molar-refractivity contribution in [1.29, 1.82) is 0 Å². The Hall–Kier alpha value is -2.91. The van der Waals surface area contributed by atoms with Crippen LogP contribution in [0.4, 0.5) is 5.69 Å². The van der Waals surface area contributed by atoms with Crippen molar-refractivity contribution in [3.8, 4) is 0 Å². The molecule has 0 unspecified atom stereocenters. The van der Waals surface area contributed by atoms with E-state index in [4.69, 9.17) is 9.84 Å². The van der Waals surface area contributed by atoms with Gasteiger partial charge in [-0.05, 0) is 36.4 Å². The van der Waals surface area contributed by atoms with Gasteiger partial charge in [-0.15, -0.1) is 0 Å². The van der Waals surface area contributed by atoms with Crippen LogP contribution in [-0.4, -0.2) is 56.1 Å². The fraction of sp³-hybridized carbons (Fsp3) is 0.263. The zero-order valence-corrected chi connectivity index (χ0v) is 15.8. The van der Waals surface area contributed by atoms with Crippen LogP contribution in [0, 0.1) is 0 Å². The fourth-order valence-corrected chi connectivity index (χ4v) is 3.98. The monoisotopic (exact) mass is 404 g/mol. The summed E-state index contributed by atoms with van der Waals surface area (Å²) in [7, 11) is -3.70. The van der Waals surface area contributed by atoms with Gasteiger partial charge in [0.05, 0.1) is 24.0 Å². The second kappa shape index (κ2) is 8.41. The number of anilines is 1. The average molecular weight is 404 g/mol. The van der Waals surface area contributed by atoms with Crippen LogP contribution >= 0.6 is 0 Å². The summed E-state index contributed by atoms with van der Waals surface area (Å²) in [6.45, 7) is 0.851. The lowest BCUT2D eigenvalue weighted by molar-refractivity contribution is -0.141. The van der Waals surface area contributed by atoms with E-state index in [1.54, 1.807) is 23.1 Å². The largest absolute Gasteiger partial charge is 0.481 e. The van der Waals surface area contributed by atoms with Crippen molar-refractivity contribution in [1.82, 2.24) is 4.90 Å². The lowest BCUT2D eigenvalue weighted by Crippen LogP contribution is -2.46. The van der Waals surface area contributed by atoms with Crippen molar-refractivity contribution in [3.05, 3.63) is 60.2 Å². The number of carboxylic acid groups (broad SMARTS) is 1. The van der Waals surface area contributed by atoms with Crippen molar-refractivity contribution in [2.75, 3.05) is 24.4 Å². The number of hydrogen-bond donors (Lipinski definition) is 2. The first-order valence-corrected chi connectivity index (χ1v) is 10.1. The SMILES string of the molecule is O=C(O)C[C@H]1CN(C(=O)c2ccc(NS(=O)(=O)c3ccccc3)cc2)CCO1. The van der Waals surface area contributed by atoms with E-state index >= 15 is 0 Å². The molecule has 1 heterocycles. The molecule has 28 heavy (non-hydrogen) atoms. The lowest BCUT2D eigenvalue weighted by Gasteiger charge is -2.32. The van der Waals surface area contributed by atoms with Crippen LogP contribution < -0.4 is 4.72 Å². The molecule has 148 valence electrons. The summed E-state index contributed by atoms with van der Waals surface area (Å²) < 4.78 is 32.5. The number of rotatable bonds is 6. The maximum Gasteiger partial charge on any atom is 0.306 e. The smallest absolute Gasteiger partial charge is 0.306 e. The first kappa shape index (κ1) is 19.8. The molecule has 9 heteroatoms. The van der Waals surface area contributed by atoms with Gasteiger partial charge >= 0.3 is 5.97 Å². The molecule has 0 aromatic heterocycles. The van der Waals surface area contributed by atoms with Gasteiger partial charge in [0, 0.05) is 24.3 Å². The van der Waals surface area contributed by atoms with Gasteiger partial charge in [-0.25, -0.2) is 8.42 Å². The minimum absolute atomic E-state index is 0.146. The van der Waals surface area contributed by atoms with Gasteiger partial charge in [0.1, 0.15) is 0 Å². The second-order valence-electron chi connectivity index (χ2n) is 6.34. The van der Waals surface area contributed by atoms with E-state index in [-0.39, 0.29) is 30.4 Å². The zero-order chi connectivity index (χ0) is 20.1. The molecule has 3 rings (SSSR count). The highest BCUT2D eigenvalue weighted by Crippen LogP contribution is 2.18. The number of hydrogen-bond acceptors (Lipinski definition) is 5. The topological polar surface area (TPSA) is 113 Å². The molecule has 1 fully saturated rings. The Morgan fingerprint density at radius 3 is 2.43 bits per heavy atom. The normalized spacial score (nSPS) is 17.1. The van der Waals surface area contributed by atoms with Crippen LogP contribution in [0.1, 0.15) is 16.8 Å². The minimum Gasteiger partial charge on any atom is -0.481 e. The molecule has 1 aliphatic heterocycles. The summed E-state index contributed by atoms with van der Waals surface area (Å²) in [5.74, 6) is -1.23. The number of amides is 1. The Bertz CT molecular complexity index is 944. The second-order valence-corrected chi connectivity index (χ2v) is 8.02. The number of carbonyl (C=O) groups excluding carboxylic acids is 1. The Labute approximate surface area is 162 Å². The summed E-state index contributed by atoms with van der Waals surface area (Å²) >= 11 is 0. The van der Waals surface area contributed by atoms with Gasteiger partial charge < -0.3 is 14.7 Å². The maximum absolute atomic E-state index is 12.6. The van der Waals surface area contributed by atoms with Gasteiger partial charge in [-0.1, -0.05) is 18.2 Å². The molecule has 2 N–H and O–H groups in total. The fourth-order valence-electron chi connectivity index (χ4n) is 2.90. The number of nitrogens with one attached hydrogen (secondary N) is 1. The summed E-state index contributed by atoms with van der Waals surface area (Å²) in [4.78, 5) is 25.2. The van der Waals surface area contributed by atoms with E-state index in [0.29, 0.717) is 17.8 Å². The molecule has 1 aliphatic rings. The van der Waals surface area contributed by atoms with Gasteiger partial charge in [0.15, 0.2) is 0 Å². The molecule has 2 aromatic carbocycles. The Morgan fingerprint density at radius 1 is 1.11 bits per heavy atom. The predicted molar refractivity (Wildman–Crippen MR) is 102 cm³/mol. The average Bonchev–Trinajstić information content (AvgIpc) is 2.68. The van der Waals surface area contributed by atoms with Gasteiger partial charge in [-0.3, -0.25) is 14.3 Å². The number of nitrogens with zero attached hydrogens (tertiary/aromatic N) is 1. The lowest BCUT2D eigenvalue weighted by atomic mass is 10.1. The highest BCUT2D eigenvalue weighted by Gasteiger charge is 2.26. The molecule has 0 spiro atoms. The Kier molecular flexibility index (Phi) is 5.96. The first-order chi connectivity index (χ1) is 13.3. The van der Waals surface area contributed by atoms with Crippen LogP contribution in [0.2, 0.25) is 0 Å². The number of carboxylic acids is 1. The van der Waals surface area contributed by atoms with Crippen LogP contribution in [0.25, 0.3) is 0 Å². The quantitative estimate of drug-likeness (QED) is 0.759. The molecule has 1 amide bonds. The number of sulfonamides is 1. The van der Waals surface area contributed by atoms with E-state index in [1.807, 2.05) is 0 Å². The van der Waals surface area contributed by atoms with Crippen molar-refractivity contribution in [3.63, 3.8) is 0 Å². The zero-order valence-electron chi connectivity index (χ0n) is 14.9. The number of morpholine rings is 1. The van der Waals surface area contributed by atoms with Crippen LogP contribution in [-0.2, 0) is 19.6 Å². The Morgan fingerprint density at radius 2 is 1.79 bits per heavy atom. The number of benzene rings is 2. The molecule has 0 saturated carbocycles. The highest BCUT2D eigenvalue weighted by atomic mass is 32.2. The molecule has 1 atom stereocenters. The molecular formula is C19H20N2O6S. The van der Waals surface area contributed by atoms with Crippen LogP contribution in [0.3, 0.4) is 0 Å². The summed E-state index contributed by atoms with van der Waals surface area (Å²) in [5.41, 5.74) is 0.727. The third-order valence-corrected chi connectivity index (χ3v) is 5.66. The Balaban J connectivity index is 1.67. The van der Waals surface area contributed by atoms with Crippen LogP contribution in [0.5, 0.6) is 0 Å². The van der Waals surface area contributed by atoms with E-state index < -0.39 is 22.1 Å². The third-order valence-electron chi connectivity index (χ3n) is 4.27. The first-order valence-electron chi connectivity index (χ1n) is 8.66. The summed E-state index contributed by atoms with van der Waals surface area (Å²) in [6, 6.07) is 14.1. The molecule has 0 bridgehead atoms. The molecule has 2 aromatic rings. The van der Waals surface area contributed by atoms with Crippen molar-refractivity contribution in [2.45, 2.75) is 17.4 Å². The number of aliphatic carboxylic acids is 1. The standard InChI is InChI=1S/C19H20N2O6S/c22-18(23)12-16-13-21(10-11-27-16)19(24)14-6-8-15(9-7-14)20-28(25,26)17-4-2-1-3-5-17/h1-9,16,20H,10-13H2,(H,22,23)/t16-/m0/s1. The minimum atomic E-state index is -3.70. The summed E-state index contributed by atoms with van der Waals surface area (Å²) in [5, 5.41) is 8.87. The van der Waals surface area contributed by atoms with E-state index in [9.17, 15) is 18.0 Å². The highest BCUT2D eigenvalue weighted by molar-refractivity contribution is 7.92. The van der Waals surface area contributed by atoms with Crippen LogP contribution in [0.15, 0.2) is 59.5 Å². The molecule has 0 aliphatic carbocycles.